The summed E-state index contributed by atoms with van der Waals surface area (Å²) in [5.74, 6) is 0.0884. The van der Waals surface area contributed by atoms with Crippen LogP contribution in [0.3, 0.4) is 0 Å². The van der Waals surface area contributed by atoms with E-state index in [1.807, 2.05) is 0 Å². The van der Waals surface area contributed by atoms with Gasteiger partial charge in [0.1, 0.15) is 18.2 Å². The van der Waals surface area contributed by atoms with E-state index in [4.69, 9.17) is 16.2 Å². The van der Waals surface area contributed by atoms with Gasteiger partial charge in [-0.05, 0) is 30.3 Å². The Morgan fingerprint density at radius 3 is 2.73 bits per heavy atom. The predicted molar refractivity (Wildman–Crippen MR) is 83.9 cm³/mol. The third-order valence-corrected chi connectivity index (χ3v) is 3.39. The van der Waals surface area contributed by atoms with E-state index in [9.17, 15) is 9.90 Å². The summed E-state index contributed by atoms with van der Waals surface area (Å²) in [5.41, 5.74) is 13.0. The molecule has 1 heterocycles. The van der Waals surface area contributed by atoms with Crippen molar-refractivity contribution in [2.24, 2.45) is 5.73 Å². The minimum Gasteiger partial charge on any atom is -0.508 e. The number of nitrogen functional groups attached to an aromatic ring is 1. The van der Waals surface area contributed by atoms with Crippen LogP contribution < -0.4 is 16.2 Å². The summed E-state index contributed by atoms with van der Waals surface area (Å²) < 4.78 is 5.40. The number of carbonyl (C=O) groups excluding carboxylic acids is 1. The summed E-state index contributed by atoms with van der Waals surface area (Å²) in [7, 11) is 0. The number of H-pyrrole nitrogens is 1. The zero-order valence-corrected chi connectivity index (χ0v) is 11.7. The van der Waals surface area contributed by atoms with Crippen molar-refractivity contribution in [1.82, 2.24) is 4.98 Å². The Morgan fingerprint density at radius 1 is 1.23 bits per heavy atom. The number of para-hydroxylation sites is 1. The van der Waals surface area contributed by atoms with Crippen LogP contribution in [0.4, 0.5) is 5.69 Å². The highest BCUT2D eigenvalue weighted by molar-refractivity contribution is 6.15. The fourth-order valence-corrected chi connectivity index (χ4v) is 2.39. The van der Waals surface area contributed by atoms with Gasteiger partial charge in [0.15, 0.2) is 5.75 Å². The molecule has 22 heavy (non-hydrogen) atoms. The van der Waals surface area contributed by atoms with Crippen LogP contribution in [0.5, 0.6) is 11.5 Å². The van der Waals surface area contributed by atoms with Crippen LogP contribution in [0.2, 0.25) is 0 Å². The van der Waals surface area contributed by atoms with Gasteiger partial charge in [-0.15, -0.1) is 0 Å². The zero-order chi connectivity index (χ0) is 15.7. The topological polar surface area (TPSA) is 114 Å². The van der Waals surface area contributed by atoms with Crippen LogP contribution in [-0.4, -0.2) is 22.6 Å². The molecule has 0 bridgehead atoms. The number of aromatic hydroxyl groups is 1. The van der Waals surface area contributed by atoms with Gasteiger partial charge < -0.3 is 20.6 Å². The van der Waals surface area contributed by atoms with Gasteiger partial charge in [0.25, 0.3) is 0 Å². The molecule has 0 aliphatic heterocycles. The first-order valence-electron chi connectivity index (χ1n) is 6.68. The summed E-state index contributed by atoms with van der Waals surface area (Å²) in [5, 5.41) is 10.2. The minimum absolute atomic E-state index is 0.0756. The number of aromatic amines is 1. The Bertz CT molecular complexity index is 855. The Balaban J connectivity index is 2.19. The summed E-state index contributed by atoms with van der Waals surface area (Å²) in [6, 6.07) is 11.5. The number of benzene rings is 2. The smallest absolute Gasteiger partial charge is 0.215 e. The third kappa shape index (κ3) is 2.25. The van der Waals surface area contributed by atoms with E-state index in [2.05, 4.69) is 4.98 Å². The molecule has 0 amide bonds. The molecule has 6 N–H and O–H groups in total. The monoisotopic (exact) mass is 297 g/mol. The SMILES string of the molecule is NCOc1c(C(=O)c2ccccc2N)[nH]c2ccc(O)cc12. The van der Waals surface area contributed by atoms with Crippen molar-refractivity contribution in [1.29, 1.82) is 0 Å². The maximum atomic E-state index is 12.7. The van der Waals surface area contributed by atoms with Crippen molar-refractivity contribution >= 4 is 22.4 Å². The highest BCUT2D eigenvalue weighted by Gasteiger charge is 2.22. The quantitative estimate of drug-likeness (QED) is 0.334. The summed E-state index contributed by atoms with van der Waals surface area (Å²) >= 11 is 0. The molecule has 0 radical (unpaired) electrons. The molecule has 0 unspecified atom stereocenters. The van der Waals surface area contributed by atoms with E-state index in [-0.39, 0.29) is 24.0 Å². The number of ketones is 1. The Kier molecular flexibility index (Phi) is 3.44. The number of aromatic nitrogens is 1. The fraction of sp³-hybridized carbons (Fsp3) is 0.0625. The van der Waals surface area contributed by atoms with Crippen molar-refractivity contribution in [2.45, 2.75) is 0 Å². The van der Waals surface area contributed by atoms with Gasteiger partial charge in [0, 0.05) is 16.6 Å². The molecule has 3 aromatic rings. The van der Waals surface area contributed by atoms with Gasteiger partial charge in [-0.2, -0.15) is 0 Å². The first-order chi connectivity index (χ1) is 10.6. The molecule has 6 nitrogen and oxygen atoms in total. The molecule has 2 aromatic carbocycles. The Hall–Kier alpha value is -2.99. The van der Waals surface area contributed by atoms with Crippen molar-refractivity contribution in [3.05, 3.63) is 53.7 Å². The molecule has 112 valence electrons. The van der Waals surface area contributed by atoms with Gasteiger partial charge in [-0.25, -0.2) is 0 Å². The molecule has 1 aromatic heterocycles. The molecular weight excluding hydrogens is 282 g/mol. The van der Waals surface area contributed by atoms with Gasteiger partial charge in [0.05, 0.1) is 5.52 Å². The lowest BCUT2D eigenvalue weighted by Crippen LogP contribution is -2.11. The maximum absolute atomic E-state index is 12.7. The Morgan fingerprint density at radius 2 is 2.00 bits per heavy atom. The minimum atomic E-state index is -0.294. The number of rotatable bonds is 4. The first kappa shape index (κ1) is 14.0. The molecule has 0 fully saturated rings. The second-order valence-corrected chi connectivity index (χ2v) is 4.79. The summed E-state index contributed by atoms with van der Waals surface area (Å²) in [4.78, 5) is 15.7. The van der Waals surface area contributed by atoms with E-state index >= 15 is 0 Å². The first-order valence-corrected chi connectivity index (χ1v) is 6.68. The maximum Gasteiger partial charge on any atom is 0.215 e. The third-order valence-electron chi connectivity index (χ3n) is 3.39. The largest absolute Gasteiger partial charge is 0.508 e. The number of carbonyl (C=O) groups is 1. The van der Waals surface area contributed by atoms with Crippen LogP contribution in [-0.2, 0) is 0 Å². The van der Waals surface area contributed by atoms with E-state index in [1.165, 1.54) is 12.1 Å². The molecule has 3 rings (SSSR count). The predicted octanol–water partition coefficient (Wildman–Crippen LogP) is 1.98. The lowest BCUT2D eigenvalue weighted by atomic mass is 10.1. The van der Waals surface area contributed by atoms with E-state index in [0.29, 0.717) is 27.9 Å². The second-order valence-electron chi connectivity index (χ2n) is 4.79. The average molecular weight is 297 g/mol. The van der Waals surface area contributed by atoms with Gasteiger partial charge in [0.2, 0.25) is 5.78 Å². The molecule has 6 heteroatoms. The van der Waals surface area contributed by atoms with Gasteiger partial charge in [-0.3, -0.25) is 10.5 Å². The number of phenols is 1. The number of hydrogen-bond donors (Lipinski definition) is 4. The lowest BCUT2D eigenvalue weighted by Gasteiger charge is -2.07. The molecular formula is C16H15N3O3. The molecule has 0 aliphatic rings. The van der Waals surface area contributed by atoms with Crippen LogP contribution in [0.1, 0.15) is 16.1 Å². The summed E-state index contributed by atoms with van der Waals surface area (Å²) in [6.45, 7) is -0.0901. The molecule has 0 saturated carbocycles. The van der Waals surface area contributed by atoms with E-state index in [0.717, 1.165) is 0 Å². The van der Waals surface area contributed by atoms with Gasteiger partial charge in [-0.1, -0.05) is 12.1 Å². The van der Waals surface area contributed by atoms with Crippen LogP contribution >= 0.6 is 0 Å². The Labute approximate surface area is 126 Å². The fourth-order valence-electron chi connectivity index (χ4n) is 2.39. The number of phenolic OH excluding ortho intramolecular Hbond substituents is 1. The van der Waals surface area contributed by atoms with Crippen LogP contribution in [0.25, 0.3) is 10.9 Å². The standard InChI is InChI=1S/C16H15N3O3/c17-8-22-16-11-7-9(20)5-6-13(11)19-14(16)15(21)10-3-1-2-4-12(10)18/h1-7,19-20H,8,17-18H2. The van der Waals surface area contributed by atoms with Crippen molar-refractivity contribution < 1.29 is 14.6 Å². The highest BCUT2D eigenvalue weighted by atomic mass is 16.5. The van der Waals surface area contributed by atoms with Crippen molar-refractivity contribution in [3.8, 4) is 11.5 Å². The lowest BCUT2D eigenvalue weighted by molar-refractivity contribution is 0.103. The zero-order valence-electron chi connectivity index (χ0n) is 11.7. The highest BCUT2D eigenvalue weighted by Crippen LogP contribution is 2.34. The van der Waals surface area contributed by atoms with Crippen molar-refractivity contribution in [3.63, 3.8) is 0 Å². The second kappa shape index (κ2) is 5.42. The number of fused-ring (bicyclic) bond motifs is 1. The molecule has 0 spiro atoms. The van der Waals surface area contributed by atoms with E-state index < -0.39 is 0 Å². The number of ether oxygens (including phenoxy) is 1. The number of nitrogens with two attached hydrogens (primary N) is 2. The van der Waals surface area contributed by atoms with Gasteiger partial charge >= 0.3 is 0 Å². The van der Waals surface area contributed by atoms with Crippen LogP contribution in [0.15, 0.2) is 42.5 Å². The molecule has 0 atom stereocenters. The normalized spacial score (nSPS) is 10.8. The van der Waals surface area contributed by atoms with E-state index in [1.54, 1.807) is 30.3 Å². The average Bonchev–Trinajstić information content (AvgIpc) is 2.86. The molecule has 0 aliphatic carbocycles. The molecule has 0 saturated heterocycles. The summed E-state index contributed by atoms with van der Waals surface area (Å²) in [6.07, 6.45) is 0. The van der Waals surface area contributed by atoms with Crippen molar-refractivity contribution in [2.75, 3.05) is 12.5 Å². The number of hydrogen-bond acceptors (Lipinski definition) is 5. The number of anilines is 1. The van der Waals surface area contributed by atoms with Crippen LogP contribution in [0, 0.1) is 0 Å². The number of nitrogens with one attached hydrogen (secondary N) is 1.